The lowest BCUT2D eigenvalue weighted by Crippen LogP contribution is -2.07. The average molecular weight is 294 g/mol. The van der Waals surface area contributed by atoms with Crippen molar-refractivity contribution in [2.24, 2.45) is 0 Å². The molecule has 0 unspecified atom stereocenters. The van der Waals surface area contributed by atoms with Crippen LogP contribution in [0, 0.1) is 0 Å². The Balaban J connectivity index is 0.00000161. The lowest BCUT2D eigenvalue weighted by molar-refractivity contribution is -0.134. The van der Waals surface area contributed by atoms with Crippen LogP contribution in [0.25, 0.3) is 21.5 Å². The van der Waals surface area contributed by atoms with Gasteiger partial charge >= 0.3 is 5.97 Å². The Labute approximate surface area is 134 Å². The molecule has 0 saturated heterocycles. The molecule has 0 bridgehead atoms. The number of hydrogen-bond acceptors (Lipinski definition) is 2. The Bertz CT molecular complexity index is 780. The van der Waals surface area contributed by atoms with Crippen molar-refractivity contribution in [2.75, 3.05) is 0 Å². The molecule has 0 aliphatic heterocycles. The quantitative estimate of drug-likeness (QED) is 0.320. The second-order valence-corrected chi connectivity index (χ2v) is 4.87. The van der Waals surface area contributed by atoms with Gasteiger partial charge in [-0.25, -0.2) is 0 Å². The van der Waals surface area contributed by atoms with Gasteiger partial charge in [0, 0.05) is 11.8 Å². The maximum absolute atomic E-state index is 11.8. The summed E-state index contributed by atoms with van der Waals surface area (Å²) in [6.07, 6.45) is 1.24. The van der Waals surface area contributed by atoms with Crippen molar-refractivity contribution >= 4 is 44.9 Å². The summed E-state index contributed by atoms with van der Waals surface area (Å²) in [5, 5.41) is 4.37. The van der Waals surface area contributed by atoms with Crippen molar-refractivity contribution in [1.29, 1.82) is 0 Å². The standard InChI is InChI=1S/C18H16O2.Al.3H/c1-2-7-18(19)20-17-12-13-8-3-4-9-14(13)15-10-5-6-11-16(15)17;;;;/h3-6,8-12H,2,7H2,1H3;;;;. The number of benzene rings is 3. The van der Waals surface area contributed by atoms with Crippen LogP contribution in [0.4, 0.5) is 0 Å². The van der Waals surface area contributed by atoms with Gasteiger partial charge in [0.05, 0.1) is 0 Å². The number of carbonyl (C=O) groups is 1. The monoisotopic (exact) mass is 294 g/mol. The van der Waals surface area contributed by atoms with Crippen molar-refractivity contribution < 1.29 is 9.53 Å². The molecule has 0 aliphatic rings. The van der Waals surface area contributed by atoms with E-state index in [1.807, 2.05) is 49.4 Å². The van der Waals surface area contributed by atoms with Gasteiger partial charge in [0.2, 0.25) is 0 Å². The minimum Gasteiger partial charge on any atom is -0.426 e. The largest absolute Gasteiger partial charge is 0.426 e. The van der Waals surface area contributed by atoms with Gasteiger partial charge in [0.15, 0.2) is 17.4 Å². The lowest BCUT2D eigenvalue weighted by atomic mass is 10.0. The van der Waals surface area contributed by atoms with E-state index in [1.165, 1.54) is 5.39 Å². The van der Waals surface area contributed by atoms with Crippen molar-refractivity contribution in [3.05, 3.63) is 54.6 Å². The second-order valence-electron chi connectivity index (χ2n) is 4.87. The summed E-state index contributed by atoms with van der Waals surface area (Å²) in [5.74, 6) is 0.477. The molecular weight excluding hydrogens is 275 g/mol. The number of fused-ring (bicyclic) bond motifs is 3. The third-order valence-corrected chi connectivity index (χ3v) is 3.41. The van der Waals surface area contributed by atoms with Gasteiger partial charge in [0.1, 0.15) is 5.75 Å². The molecule has 0 fully saturated rings. The van der Waals surface area contributed by atoms with E-state index in [0.29, 0.717) is 12.2 Å². The molecule has 0 aromatic heterocycles. The Kier molecular flexibility index (Phi) is 5.01. The Morgan fingerprint density at radius 3 is 2.29 bits per heavy atom. The van der Waals surface area contributed by atoms with E-state index in [2.05, 4.69) is 12.1 Å². The molecule has 0 spiro atoms. The molecule has 0 atom stereocenters. The topological polar surface area (TPSA) is 26.3 Å². The predicted molar refractivity (Wildman–Crippen MR) is 91.9 cm³/mol. The molecule has 2 nitrogen and oxygen atoms in total. The number of carbonyl (C=O) groups excluding carboxylic acids is 1. The molecule has 0 heterocycles. The molecular formula is C18H19AlO2. The van der Waals surface area contributed by atoms with Crippen LogP contribution in [-0.4, -0.2) is 23.3 Å². The molecule has 3 aromatic rings. The zero-order valence-corrected chi connectivity index (χ0v) is 11.4. The van der Waals surface area contributed by atoms with E-state index >= 15 is 0 Å². The van der Waals surface area contributed by atoms with Gasteiger partial charge in [-0.05, 0) is 28.6 Å². The zero-order valence-electron chi connectivity index (χ0n) is 11.4. The third-order valence-electron chi connectivity index (χ3n) is 3.41. The van der Waals surface area contributed by atoms with E-state index in [-0.39, 0.29) is 23.3 Å². The zero-order chi connectivity index (χ0) is 13.9. The lowest BCUT2D eigenvalue weighted by Gasteiger charge is -2.10. The van der Waals surface area contributed by atoms with Gasteiger partial charge in [-0.3, -0.25) is 4.79 Å². The van der Waals surface area contributed by atoms with Gasteiger partial charge in [-0.15, -0.1) is 0 Å². The summed E-state index contributed by atoms with van der Waals surface area (Å²) in [4.78, 5) is 11.8. The minimum atomic E-state index is -0.173. The Morgan fingerprint density at radius 2 is 1.57 bits per heavy atom. The van der Waals surface area contributed by atoms with Crippen LogP contribution in [0.1, 0.15) is 19.8 Å². The summed E-state index contributed by atoms with van der Waals surface area (Å²) in [6.45, 7) is 1.97. The van der Waals surface area contributed by atoms with E-state index in [1.54, 1.807) is 0 Å². The molecule has 106 valence electrons. The number of ether oxygens (including phenoxy) is 1. The van der Waals surface area contributed by atoms with Crippen molar-refractivity contribution in [3.63, 3.8) is 0 Å². The molecule has 21 heavy (non-hydrogen) atoms. The highest BCUT2D eigenvalue weighted by Crippen LogP contribution is 2.33. The van der Waals surface area contributed by atoms with Crippen LogP contribution < -0.4 is 4.74 Å². The van der Waals surface area contributed by atoms with Gasteiger partial charge in [-0.1, -0.05) is 55.5 Å². The molecule has 3 heteroatoms. The highest BCUT2D eigenvalue weighted by atomic mass is 27.0. The summed E-state index contributed by atoms with van der Waals surface area (Å²) in [6, 6.07) is 18.1. The SMILES string of the molecule is CCCC(=O)Oc1cc2ccccc2c2ccccc12.[AlH3]. The highest BCUT2D eigenvalue weighted by molar-refractivity contribution is 6.10. The van der Waals surface area contributed by atoms with Gasteiger partial charge < -0.3 is 4.74 Å². The third kappa shape index (κ3) is 3.10. The normalized spacial score (nSPS) is 10.3. The summed E-state index contributed by atoms with van der Waals surface area (Å²) >= 11 is 0. The maximum Gasteiger partial charge on any atom is 0.311 e. The average Bonchev–Trinajstić information content (AvgIpc) is 2.48. The minimum absolute atomic E-state index is 0. The van der Waals surface area contributed by atoms with Crippen molar-refractivity contribution in [2.45, 2.75) is 19.8 Å². The molecule has 3 aromatic carbocycles. The predicted octanol–water partition coefficient (Wildman–Crippen LogP) is 3.51. The first-order valence-corrected chi connectivity index (χ1v) is 6.91. The van der Waals surface area contributed by atoms with Crippen molar-refractivity contribution in [1.82, 2.24) is 0 Å². The summed E-state index contributed by atoms with van der Waals surface area (Å²) < 4.78 is 5.54. The fourth-order valence-electron chi connectivity index (χ4n) is 2.48. The summed E-state index contributed by atoms with van der Waals surface area (Å²) in [7, 11) is 0. The highest BCUT2D eigenvalue weighted by Gasteiger charge is 2.10. The number of esters is 1. The van der Waals surface area contributed by atoms with Gasteiger partial charge in [-0.2, -0.15) is 0 Å². The fourth-order valence-corrected chi connectivity index (χ4v) is 2.48. The first-order valence-electron chi connectivity index (χ1n) is 6.91. The first-order chi connectivity index (χ1) is 9.79. The molecule has 0 N–H and O–H groups in total. The molecule has 0 saturated carbocycles. The van der Waals surface area contributed by atoms with Gasteiger partial charge in [0.25, 0.3) is 0 Å². The van der Waals surface area contributed by atoms with Crippen molar-refractivity contribution in [3.8, 4) is 5.75 Å². The molecule has 0 radical (unpaired) electrons. The molecule has 0 aliphatic carbocycles. The van der Waals surface area contributed by atoms with Crippen LogP contribution in [-0.2, 0) is 4.79 Å². The van der Waals surface area contributed by atoms with Crippen LogP contribution >= 0.6 is 0 Å². The van der Waals surface area contributed by atoms with Crippen LogP contribution in [0.15, 0.2) is 54.6 Å². The van der Waals surface area contributed by atoms with Crippen LogP contribution in [0.3, 0.4) is 0 Å². The second kappa shape index (κ2) is 6.76. The van der Waals surface area contributed by atoms with Crippen LogP contribution in [0.5, 0.6) is 5.75 Å². The Morgan fingerprint density at radius 1 is 0.952 bits per heavy atom. The Hall–Kier alpha value is -1.82. The first kappa shape index (κ1) is 15.6. The van der Waals surface area contributed by atoms with E-state index in [0.717, 1.165) is 22.6 Å². The van der Waals surface area contributed by atoms with E-state index in [9.17, 15) is 4.79 Å². The fraction of sp³-hybridized carbons (Fsp3) is 0.167. The number of rotatable bonds is 3. The number of hydrogen-bond donors (Lipinski definition) is 0. The maximum atomic E-state index is 11.8. The molecule has 0 amide bonds. The summed E-state index contributed by atoms with van der Waals surface area (Å²) in [5.41, 5.74) is 0. The van der Waals surface area contributed by atoms with Crippen LogP contribution in [0.2, 0.25) is 0 Å². The molecule has 3 rings (SSSR count). The van der Waals surface area contributed by atoms with E-state index < -0.39 is 0 Å². The smallest absolute Gasteiger partial charge is 0.311 e. The van der Waals surface area contributed by atoms with E-state index in [4.69, 9.17) is 4.74 Å².